The Balaban J connectivity index is 1.86. The summed E-state index contributed by atoms with van der Waals surface area (Å²) < 4.78 is 10.4. The molecule has 134 valence electrons. The summed E-state index contributed by atoms with van der Waals surface area (Å²) >= 11 is 0. The van der Waals surface area contributed by atoms with E-state index < -0.39 is 24.5 Å². The first kappa shape index (κ1) is 18.5. The number of carbonyl (C=O) groups is 3. The fraction of sp³-hybridized carbons (Fsp3) is 0.389. The minimum atomic E-state index is -0.684. The Hall–Kier alpha value is -2.83. The van der Waals surface area contributed by atoms with Crippen LogP contribution in [0.5, 0.6) is 0 Å². The summed E-state index contributed by atoms with van der Waals surface area (Å²) in [5, 5.41) is 5.43. The summed E-state index contributed by atoms with van der Waals surface area (Å²) in [6.07, 6.45) is 2.40. The van der Waals surface area contributed by atoms with Crippen LogP contribution in [0.1, 0.15) is 31.9 Å². The Morgan fingerprint density at radius 3 is 2.68 bits per heavy atom. The Bertz CT molecular complexity index is 779. The van der Waals surface area contributed by atoms with Crippen molar-refractivity contribution in [3.63, 3.8) is 0 Å². The molecule has 1 aromatic carbocycles. The van der Waals surface area contributed by atoms with Crippen molar-refractivity contribution in [2.75, 3.05) is 6.61 Å². The predicted octanol–water partition coefficient (Wildman–Crippen LogP) is 2.32. The molecule has 3 amide bonds. The van der Waals surface area contributed by atoms with Crippen LogP contribution in [-0.4, -0.2) is 30.6 Å². The molecule has 2 N–H and O–H groups in total. The second-order valence-corrected chi connectivity index (χ2v) is 5.96. The van der Waals surface area contributed by atoms with E-state index in [1.54, 1.807) is 13.8 Å². The number of hydrogen-bond acceptors (Lipinski definition) is 5. The van der Waals surface area contributed by atoms with Crippen LogP contribution in [0.3, 0.4) is 0 Å². The van der Waals surface area contributed by atoms with E-state index in [2.05, 4.69) is 17.6 Å². The second kappa shape index (κ2) is 8.32. The zero-order chi connectivity index (χ0) is 18.4. The molecule has 0 unspecified atom stereocenters. The second-order valence-electron chi connectivity index (χ2n) is 5.96. The molecule has 0 bridgehead atoms. The number of nitrogens with one attached hydrogen (secondary N) is 2. The van der Waals surface area contributed by atoms with Crippen LogP contribution < -0.4 is 10.6 Å². The van der Waals surface area contributed by atoms with Crippen LogP contribution in [0, 0.1) is 0 Å². The normalized spacial score (nSPS) is 10.7. The van der Waals surface area contributed by atoms with Crippen molar-refractivity contribution in [3.05, 3.63) is 35.6 Å². The van der Waals surface area contributed by atoms with Crippen LogP contribution in [0.4, 0.5) is 4.79 Å². The first-order valence-electron chi connectivity index (χ1n) is 8.14. The Morgan fingerprint density at radius 2 is 2.00 bits per heavy atom. The van der Waals surface area contributed by atoms with Gasteiger partial charge in [0.15, 0.2) is 6.61 Å². The number of imide groups is 1. The molecular weight excluding hydrogens is 324 g/mol. The standard InChI is InChI=1S/C18H22N2O5/c1-4-12-5-6-14-13(9-24-15(14)7-12)8-17(22)25-10-16(21)20-18(23)19-11(2)3/h5-7,9,11H,4,8,10H2,1-3H3,(H2,19,20,21,23). The third-order valence-corrected chi connectivity index (χ3v) is 3.50. The SMILES string of the molecule is CCc1ccc2c(CC(=O)OCC(=O)NC(=O)NC(C)C)coc2c1. The molecule has 2 aromatic rings. The van der Waals surface area contributed by atoms with Crippen molar-refractivity contribution in [1.82, 2.24) is 10.6 Å². The monoisotopic (exact) mass is 346 g/mol. The average molecular weight is 346 g/mol. The summed E-state index contributed by atoms with van der Waals surface area (Å²) in [7, 11) is 0. The molecule has 0 atom stereocenters. The largest absolute Gasteiger partial charge is 0.464 e. The van der Waals surface area contributed by atoms with Gasteiger partial charge in [-0.15, -0.1) is 0 Å². The maximum Gasteiger partial charge on any atom is 0.321 e. The molecule has 1 aromatic heterocycles. The van der Waals surface area contributed by atoms with E-state index in [-0.39, 0.29) is 12.5 Å². The fourth-order valence-corrected chi connectivity index (χ4v) is 2.30. The van der Waals surface area contributed by atoms with Gasteiger partial charge in [0.2, 0.25) is 0 Å². The number of carbonyl (C=O) groups excluding carboxylic acids is 3. The Labute approximate surface area is 145 Å². The Morgan fingerprint density at radius 1 is 1.24 bits per heavy atom. The van der Waals surface area contributed by atoms with Crippen LogP contribution in [0.2, 0.25) is 0 Å². The van der Waals surface area contributed by atoms with E-state index in [0.717, 1.165) is 17.4 Å². The summed E-state index contributed by atoms with van der Waals surface area (Å²) in [5.74, 6) is -1.25. The van der Waals surface area contributed by atoms with Gasteiger partial charge in [0.25, 0.3) is 5.91 Å². The van der Waals surface area contributed by atoms with Gasteiger partial charge < -0.3 is 14.5 Å². The maximum absolute atomic E-state index is 11.9. The number of urea groups is 1. The van der Waals surface area contributed by atoms with E-state index in [4.69, 9.17) is 9.15 Å². The summed E-state index contributed by atoms with van der Waals surface area (Å²) in [5.41, 5.74) is 2.55. The molecule has 0 fully saturated rings. The van der Waals surface area contributed by atoms with Crippen LogP contribution in [0.25, 0.3) is 11.0 Å². The lowest BCUT2D eigenvalue weighted by Gasteiger charge is -2.09. The van der Waals surface area contributed by atoms with Crippen LogP contribution in [0.15, 0.2) is 28.9 Å². The molecule has 0 saturated carbocycles. The van der Waals surface area contributed by atoms with E-state index in [1.807, 2.05) is 18.2 Å². The van der Waals surface area contributed by atoms with Gasteiger partial charge in [0.05, 0.1) is 12.7 Å². The number of furan rings is 1. The smallest absolute Gasteiger partial charge is 0.321 e. The van der Waals surface area contributed by atoms with Crippen molar-refractivity contribution in [3.8, 4) is 0 Å². The molecular formula is C18H22N2O5. The lowest BCUT2D eigenvalue weighted by molar-refractivity contribution is -0.147. The van der Waals surface area contributed by atoms with Gasteiger partial charge in [-0.2, -0.15) is 0 Å². The molecule has 0 aliphatic rings. The maximum atomic E-state index is 11.9. The lowest BCUT2D eigenvalue weighted by atomic mass is 10.1. The number of fused-ring (bicyclic) bond motifs is 1. The summed E-state index contributed by atoms with van der Waals surface area (Å²) in [6, 6.07) is 5.10. The number of benzene rings is 1. The minimum Gasteiger partial charge on any atom is -0.464 e. The third-order valence-electron chi connectivity index (χ3n) is 3.50. The Kier molecular flexibility index (Phi) is 6.16. The number of amides is 3. The molecule has 0 spiro atoms. The van der Waals surface area contributed by atoms with Gasteiger partial charge in [-0.3, -0.25) is 14.9 Å². The van der Waals surface area contributed by atoms with E-state index in [9.17, 15) is 14.4 Å². The van der Waals surface area contributed by atoms with Crippen molar-refractivity contribution < 1.29 is 23.5 Å². The molecule has 0 aliphatic carbocycles. The lowest BCUT2D eigenvalue weighted by Crippen LogP contribution is -2.44. The van der Waals surface area contributed by atoms with Gasteiger partial charge in [0, 0.05) is 17.0 Å². The zero-order valence-electron chi connectivity index (χ0n) is 14.5. The predicted molar refractivity (Wildman–Crippen MR) is 92.1 cm³/mol. The molecule has 0 radical (unpaired) electrons. The van der Waals surface area contributed by atoms with Gasteiger partial charge in [-0.1, -0.05) is 19.1 Å². The number of esters is 1. The quantitative estimate of drug-likeness (QED) is 0.782. The first-order chi connectivity index (χ1) is 11.9. The number of rotatable bonds is 6. The van der Waals surface area contributed by atoms with Crippen molar-refractivity contribution in [2.24, 2.45) is 0 Å². The molecule has 0 saturated heterocycles. The van der Waals surface area contributed by atoms with Gasteiger partial charge in [0.1, 0.15) is 5.58 Å². The zero-order valence-corrected chi connectivity index (χ0v) is 14.5. The average Bonchev–Trinajstić information content (AvgIpc) is 2.94. The number of hydrogen-bond donors (Lipinski definition) is 2. The van der Waals surface area contributed by atoms with Crippen LogP contribution >= 0.6 is 0 Å². The first-order valence-corrected chi connectivity index (χ1v) is 8.14. The van der Waals surface area contributed by atoms with E-state index in [0.29, 0.717) is 11.1 Å². The van der Waals surface area contributed by atoms with Crippen molar-refractivity contribution >= 4 is 28.9 Å². The van der Waals surface area contributed by atoms with Gasteiger partial charge in [-0.25, -0.2) is 4.79 Å². The number of aryl methyl sites for hydroxylation is 1. The van der Waals surface area contributed by atoms with Crippen molar-refractivity contribution in [1.29, 1.82) is 0 Å². The third kappa shape index (κ3) is 5.34. The minimum absolute atomic E-state index is 0.00998. The summed E-state index contributed by atoms with van der Waals surface area (Å²) in [6.45, 7) is 5.07. The number of ether oxygens (including phenoxy) is 1. The van der Waals surface area contributed by atoms with E-state index in [1.165, 1.54) is 6.26 Å². The molecule has 0 aliphatic heterocycles. The highest BCUT2D eigenvalue weighted by molar-refractivity contribution is 5.95. The fourth-order valence-electron chi connectivity index (χ4n) is 2.30. The van der Waals surface area contributed by atoms with Gasteiger partial charge >= 0.3 is 12.0 Å². The molecule has 7 heteroatoms. The topological polar surface area (TPSA) is 97.6 Å². The highest BCUT2D eigenvalue weighted by Gasteiger charge is 2.14. The molecule has 1 heterocycles. The van der Waals surface area contributed by atoms with E-state index >= 15 is 0 Å². The molecule has 25 heavy (non-hydrogen) atoms. The van der Waals surface area contributed by atoms with Gasteiger partial charge in [-0.05, 0) is 31.9 Å². The summed E-state index contributed by atoms with van der Waals surface area (Å²) in [4.78, 5) is 34.8. The highest BCUT2D eigenvalue weighted by Crippen LogP contribution is 2.23. The molecule has 2 rings (SSSR count). The van der Waals surface area contributed by atoms with Crippen molar-refractivity contribution in [2.45, 2.75) is 39.7 Å². The van der Waals surface area contributed by atoms with Crippen LogP contribution in [-0.2, 0) is 27.2 Å². The highest BCUT2D eigenvalue weighted by atomic mass is 16.5. The molecule has 7 nitrogen and oxygen atoms in total.